The Kier molecular flexibility index (Phi) is 35.6. The molecule has 0 heterocycles. The summed E-state index contributed by atoms with van der Waals surface area (Å²) in [5.41, 5.74) is 0. The molecule has 0 aromatic carbocycles. The first-order valence-electron chi connectivity index (χ1n) is 1.82. The van der Waals surface area contributed by atoms with Crippen molar-refractivity contribution in [3.05, 3.63) is 18.6 Å². The van der Waals surface area contributed by atoms with Crippen LogP contribution in [0.3, 0.4) is 0 Å². The minimum Gasteiger partial charge on any atom is -1.00 e. The van der Waals surface area contributed by atoms with Crippen LogP contribution in [0.4, 0.5) is 0 Å². The van der Waals surface area contributed by atoms with E-state index in [0.29, 0.717) is 0 Å². The van der Waals surface area contributed by atoms with Crippen LogP contribution in [0.5, 0.6) is 0 Å². The smallest absolute Gasteiger partial charge is 1.00 e. The van der Waals surface area contributed by atoms with E-state index in [-0.39, 0.29) is 35.5 Å². The van der Waals surface area contributed by atoms with Gasteiger partial charge in [-0.2, -0.15) is 0 Å². The van der Waals surface area contributed by atoms with E-state index in [9.17, 15) is 0 Å². The molecular formula is C5H9ClMg. The zero-order valence-electron chi connectivity index (χ0n) is 4.82. The second-order valence-corrected chi connectivity index (χ2v) is 0.859. The quantitative estimate of drug-likeness (QED) is 0.295. The van der Waals surface area contributed by atoms with Gasteiger partial charge in [0, 0.05) is 0 Å². The number of hydrogen-bond donors (Lipinski definition) is 0. The van der Waals surface area contributed by atoms with E-state index in [1.807, 2.05) is 32.4 Å². The summed E-state index contributed by atoms with van der Waals surface area (Å²) in [4.78, 5) is 0. The molecule has 0 bridgehead atoms. The molecule has 0 saturated carbocycles. The maximum atomic E-state index is 2.00. The van der Waals surface area contributed by atoms with Crippen LogP contribution in [0.1, 0.15) is 13.8 Å². The minimum absolute atomic E-state index is 0. The number of allylic oxidation sites excluding steroid dienone is 2. The number of hydrogen-bond acceptors (Lipinski definition) is 0. The Labute approximate surface area is 67.9 Å². The van der Waals surface area contributed by atoms with Gasteiger partial charge in [0.25, 0.3) is 0 Å². The van der Waals surface area contributed by atoms with E-state index in [0.717, 1.165) is 0 Å². The minimum atomic E-state index is 0. The van der Waals surface area contributed by atoms with Crippen molar-refractivity contribution in [2.24, 2.45) is 0 Å². The van der Waals surface area contributed by atoms with Crippen LogP contribution in [-0.4, -0.2) is 23.1 Å². The van der Waals surface area contributed by atoms with E-state index >= 15 is 0 Å². The Morgan fingerprint density at radius 3 is 1.86 bits per heavy atom. The summed E-state index contributed by atoms with van der Waals surface area (Å²) in [5.74, 6) is 0. The Balaban J connectivity index is -0.0000000800. The number of halogens is 1. The molecule has 0 saturated heterocycles. The summed E-state index contributed by atoms with van der Waals surface area (Å²) in [6.45, 7) is 4.00. The van der Waals surface area contributed by atoms with Crippen LogP contribution in [0.25, 0.3) is 0 Å². The van der Waals surface area contributed by atoms with Crippen molar-refractivity contribution in [2.45, 2.75) is 13.8 Å². The van der Waals surface area contributed by atoms with Gasteiger partial charge in [-0.3, -0.25) is 0 Å². The van der Waals surface area contributed by atoms with E-state index in [4.69, 9.17) is 0 Å². The third-order valence-corrected chi connectivity index (χ3v) is 0.385. The normalized spacial score (nSPS) is 6.57. The molecule has 0 atom stereocenters. The summed E-state index contributed by atoms with van der Waals surface area (Å²) < 4.78 is 0. The molecule has 0 aromatic heterocycles. The molecule has 0 rings (SSSR count). The Morgan fingerprint density at radius 2 is 1.86 bits per heavy atom. The molecule has 0 N–H and O–H groups in total. The molecule has 0 fully saturated rings. The van der Waals surface area contributed by atoms with Gasteiger partial charge in [0.2, 0.25) is 0 Å². The number of rotatable bonds is 1. The fraction of sp³-hybridized carbons (Fsp3) is 0.400. The molecule has 0 aliphatic carbocycles. The molecular weight excluding hydrogens is 120 g/mol. The van der Waals surface area contributed by atoms with Crippen molar-refractivity contribution in [2.75, 3.05) is 0 Å². The van der Waals surface area contributed by atoms with Crippen molar-refractivity contribution < 1.29 is 12.4 Å². The van der Waals surface area contributed by atoms with E-state index in [1.54, 1.807) is 0 Å². The van der Waals surface area contributed by atoms with Gasteiger partial charge in [-0.05, 0) is 0 Å². The molecule has 7 heavy (non-hydrogen) atoms. The molecule has 0 radical (unpaired) electrons. The maximum Gasteiger partial charge on any atom is 2.00 e. The van der Waals surface area contributed by atoms with Gasteiger partial charge in [0.1, 0.15) is 0 Å². The Morgan fingerprint density at radius 1 is 1.43 bits per heavy atom. The second kappa shape index (κ2) is 15.9. The van der Waals surface area contributed by atoms with Crippen LogP contribution in [0, 0.1) is 6.42 Å². The zero-order chi connectivity index (χ0) is 4.12. The van der Waals surface area contributed by atoms with Crippen LogP contribution in [-0.2, 0) is 0 Å². The predicted molar refractivity (Wildman–Crippen MR) is 30.5 cm³/mol. The Hall–Kier alpha value is 0.666. The van der Waals surface area contributed by atoms with Gasteiger partial charge in [0.05, 0.1) is 0 Å². The zero-order valence-corrected chi connectivity index (χ0v) is 6.99. The van der Waals surface area contributed by atoms with Gasteiger partial charge in [-0.15, -0.1) is 13.8 Å². The summed E-state index contributed by atoms with van der Waals surface area (Å²) >= 11 is 0. The van der Waals surface area contributed by atoms with Gasteiger partial charge >= 0.3 is 23.1 Å². The Bertz CT molecular complexity index is 35.1. The molecule has 0 unspecified atom stereocenters. The second-order valence-electron chi connectivity index (χ2n) is 0.859. The average molecular weight is 129 g/mol. The van der Waals surface area contributed by atoms with Crippen LogP contribution in [0.2, 0.25) is 0 Å². The molecule has 0 aliphatic heterocycles. The molecule has 0 aliphatic rings. The van der Waals surface area contributed by atoms with E-state index in [2.05, 4.69) is 0 Å². The first-order valence-corrected chi connectivity index (χ1v) is 1.82. The first-order chi connectivity index (χ1) is 2.41. The van der Waals surface area contributed by atoms with Gasteiger partial charge in [0.15, 0.2) is 0 Å². The maximum absolute atomic E-state index is 2.00. The third kappa shape index (κ3) is 20.4. The van der Waals surface area contributed by atoms with E-state index in [1.165, 1.54) is 0 Å². The fourth-order valence-corrected chi connectivity index (χ4v) is 0.192. The monoisotopic (exact) mass is 128 g/mol. The summed E-state index contributed by atoms with van der Waals surface area (Å²) in [6, 6.07) is 0. The van der Waals surface area contributed by atoms with E-state index < -0.39 is 0 Å². The van der Waals surface area contributed by atoms with Crippen molar-refractivity contribution in [3.63, 3.8) is 0 Å². The van der Waals surface area contributed by atoms with Gasteiger partial charge in [-0.25, -0.2) is 18.6 Å². The SMILES string of the molecule is C/C=C/[CH-]C.[Cl-].[Mg+2]. The van der Waals surface area contributed by atoms with Crippen molar-refractivity contribution >= 4 is 23.1 Å². The first kappa shape index (κ1) is 15.6. The van der Waals surface area contributed by atoms with Crippen molar-refractivity contribution in [1.82, 2.24) is 0 Å². The third-order valence-electron chi connectivity index (χ3n) is 0.385. The fourth-order valence-electron chi connectivity index (χ4n) is 0.192. The van der Waals surface area contributed by atoms with Crippen molar-refractivity contribution in [1.29, 1.82) is 0 Å². The molecule has 38 valence electrons. The molecule has 0 nitrogen and oxygen atoms in total. The van der Waals surface area contributed by atoms with Gasteiger partial charge in [-0.1, -0.05) is 0 Å². The largest absolute Gasteiger partial charge is 2.00 e. The molecule has 0 amide bonds. The standard InChI is InChI=1S/C5H9.ClH.Mg/c1-3-5-4-2;;/h3-5H,1-2H3;1H;/q-1;;+2/p-1/b5-3+;;. The summed E-state index contributed by atoms with van der Waals surface area (Å²) in [7, 11) is 0. The summed E-state index contributed by atoms with van der Waals surface area (Å²) in [5, 5.41) is 0. The average Bonchev–Trinajstić information content (AvgIpc) is 1.41. The molecule has 0 spiro atoms. The van der Waals surface area contributed by atoms with Gasteiger partial charge < -0.3 is 12.4 Å². The van der Waals surface area contributed by atoms with Crippen LogP contribution < -0.4 is 12.4 Å². The van der Waals surface area contributed by atoms with Crippen LogP contribution in [0.15, 0.2) is 12.2 Å². The molecule has 0 aromatic rings. The summed E-state index contributed by atoms with van der Waals surface area (Å²) in [6.07, 6.45) is 6.00. The molecule has 2 heteroatoms. The van der Waals surface area contributed by atoms with Crippen molar-refractivity contribution in [3.8, 4) is 0 Å². The van der Waals surface area contributed by atoms with Crippen LogP contribution >= 0.6 is 0 Å². The predicted octanol–water partition coefficient (Wildman–Crippen LogP) is -1.59. The topological polar surface area (TPSA) is 0 Å².